The molecule has 0 fully saturated rings. The van der Waals surface area contributed by atoms with Crippen LogP contribution in [-0.4, -0.2) is 30.8 Å². The van der Waals surface area contributed by atoms with Crippen LogP contribution in [0.25, 0.3) is 11.0 Å². The lowest BCUT2D eigenvalue weighted by atomic mass is 10.1. The quantitative estimate of drug-likeness (QED) is 0.499. The van der Waals surface area contributed by atoms with Crippen LogP contribution in [0.15, 0.2) is 14.6 Å². The van der Waals surface area contributed by atoms with Gasteiger partial charge < -0.3 is 9.90 Å². The van der Waals surface area contributed by atoms with Gasteiger partial charge in [0.1, 0.15) is 16.2 Å². The van der Waals surface area contributed by atoms with Gasteiger partial charge in [0.15, 0.2) is 5.65 Å². The number of aromatic nitrogens is 4. The first-order chi connectivity index (χ1) is 11.8. The predicted octanol–water partition coefficient (Wildman–Crippen LogP) is -0.0593. The molecule has 25 heavy (non-hydrogen) atoms. The maximum atomic E-state index is 12.6. The molecule has 8 nitrogen and oxygen atoms in total. The first-order valence-corrected chi connectivity index (χ1v) is 9.07. The smallest absolute Gasteiger partial charge is 0.332 e. The first-order valence-electron chi connectivity index (χ1n) is 8.09. The number of carbonyl (C=O) groups excluding carboxylic acids is 1. The summed E-state index contributed by atoms with van der Waals surface area (Å²) in [5, 5.41) is 11.3. The summed E-state index contributed by atoms with van der Waals surface area (Å²) in [7, 11) is 1.39. The minimum Gasteiger partial charge on any atom is -0.549 e. The van der Waals surface area contributed by atoms with E-state index in [4.69, 9.17) is 0 Å². The van der Waals surface area contributed by atoms with Crippen molar-refractivity contribution in [3.05, 3.63) is 26.7 Å². The van der Waals surface area contributed by atoms with Crippen LogP contribution >= 0.6 is 11.8 Å². The Morgan fingerprint density at radius 2 is 1.96 bits per heavy atom. The number of carboxylic acids is 1. The monoisotopic (exact) mass is 365 g/mol. The molecule has 0 radical (unpaired) electrons. The summed E-state index contributed by atoms with van der Waals surface area (Å²) >= 11 is 0.913. The number of aryl methyl sites for hydroxylation is 1. The molecule has 0 unspecified atom stereocenters. The van der Waals surface area contributed by atoms with E-state index in [9.17, 15) is 19.5 Å². The molecule has 0 saturated heterocycles. The zero-order valence-electron chi connectivity index (χ0n) is 14.7. The number of fused-ring (bicyclic) bond motifs is 1. The van der Waals surface area contributed by atoms with Crippen molar-refractivity contribution in [2.75, 3.05) is 5.75 Å². The van der Waals surface area contributed by atoms with Crippen LogP contribution in [0.2, 0.25) is 0 Å². The molecule has 0 bridgehead atoms. The molecular weight excluding hydrogens is 344 g/mol. The van der Waals surface area contributed by atoms with Crippen LogP contribution in [0.1, 0.15) is 33.0 Å². The molecule has 0 aliphatic rings. The maximum Gasteiger partial charge on any atom is 0.332 e. The number of carbonyl (C=O) groups is 1. The van der Waals surface area contributed by atoms with Crippen LogP contribution in [0, 0.1) is 5.92 Å². The lowest BCUT2D eigenvalue weighted by molar-refractivity contribution is -0.301. The average molecular weight is 365 g/mol. The maximum absolute atomic E-state index is 12.6. The zero-order chi connectivity index (χ0) is 18.7. The molecule has 2 rings (SSSR count). The lowest BCUT2D eigenvalue weighted by Gasteiger charge is -2.14. The van der Waals surface area contributed by atoms with Gasteiger partial charge in [-0.2, -0.15) is 0 Å². The molecule has 9 heteroatoms. The summed E-state index contributed by atoms with van der Waals surface area (Å²) in [5.74, 6) is -0.820. The summed E-state index contributed by atoms with van der Waals surface area (Å²) in [6.07, 6.45) is 1.25. The molecule has 0 aliphatic heterocycles. The molecule has 0 N–H and O–H groups in total. The Hall–Kier alpha value is -2.16. The van der Waals surface area contributed by atoms with Crippen LogP contribution in [0.4, 0.5) is 0 Å². The zero-order valence-corrected chi connectivity index (χ0v) is 15.6. The molecule has 0 aliphatic carbocycles. The molecule has 0 spiro atoms. The molecular formula is C16H21N4O4S-. The fraction of sp³-hybridized carbons (Fsp3) is 0.562. The number of hydrogen-bond acceptors (Lipinski definition) is 7. The summed E-state index contributed by atoms with van der Waals surface area (Å²) < 4.78 is 2.46. The highest BCUT2D eigenvalue weighted by atomic mass is 32.2. The molecule has 2 aromatic rings. The Morgan fingerprint density at radius 3 is 2.52 bits per heavy atom. The summed E-state index contributed by atoms with van der Waals surface area (Å²) in [5.41, 5.74) is -0.699. The SMILES string of the molecule is CCCn1c(=O)n(C)c(=O)c2c(SCC(=O)[O-])nc(CC(C)C)nc21. The molecule has 136 valence electrons. The fourth-order valence-electron chi connectivity index (χ4n) is 2.49. The topological polar surface area (TPSA) is 110 Å². The van der Waals surface area contributed by atoms with Crippen molar-refractivity contribution < 1.29 is 9.90 Å². The standard InChI is InChI=1S/C16H22N4O4S/c1-5-6-20-13-12(15(23)19(4)16(20)24)14(25-8-11(21)22)18-10(17-13)7-9(2)3/h9H,5-8H2,1-4H3,(H,21,22)/p-1. The van der Waals surface area contributed by atoms with E-state index in [1.165, 1.54) is 11.6 Å². The number of aliphatic carboxylic acids is 1. The summed E-state index contributed by atoms with van der Waals surface area (Å²) in [4.78, 5) is 44.7. The van der Waals surface area contributed by atoms with Gasteiger partial charge in [-0.05, 0) is 12.3 Å². The van der Waals surface area contributed by atoms with Crippen molar-refractivity contribution >= 4 is 28.8 Å². The highest BCUT2D eigenvalue weighted by Crippen LogP contribution is 2.23. The Morgan fingerprint density at radius 1 is 1.28 bits per heavy atom. The van der Waals surface area contributed by atoms with Crippen LogP contribution in [0.5, 0.6) is 0 Å². The van der Waals surface area contributed by atoms with Gasteiger partial charge >= 0.3 is 5.69 Å². The van der Waals surface area contributed by atoms with E-state index in [1.807, 2.05) is 20.8 Å². The number of thioether (sulfide) groups is 1. The Kier molecular flexibility index (Phi) is 5.99. The third kappa shape index (κ3) is 4.09. The lowest BCUT2D eigenvalue weighted by Crippen LogP contribution is -2.39. The van der Waals surface area contributed by atoms with E-state index in [2.05, 4.69) is 9.97 Å². The molecule has 0 atom stereocenters. The Balaban J connectivity index is 2.84. The Bertz CT molecular complexity index is 917. The van der Waals surface area contributed by atoms with Gasteiger partial charge in [-0.3, -0.25) is 13.9 Å². The average Bonchev–Trinajstić information content (AvgIpc) is 2.53. The van der Waals surface area contributed by atoms with E-state index in [1.54, 1.807) is 0 Å². The van der Waals surface area contributed by atoms with Crippen LogP contribution in [0.3, 0.4) is 0 Å². The van der Waals surface area contributed by atoms with Crippen LogP contribution in [-0.2, 0) is 24.8 Å². The van der Waals surface area contributed by atoms with Gasteiger partial charge in [-0.25, -0.2) is 14.8 Å². The number of hydrogen-bond donors (Lipinski definition) is 0. The van der Waals surface area contributed by atoms with Crippen molar-refractivity contribution in [2.24, 2.45) is 13.0 Å². The molecule has 2 aromatic heterocycles. The van der Waals surface area contributed by atoms with E-state index in [-0.39, 0.29) is 27.7 Å². The highest BCUT2D eigenvalue weighted by molar-refractivity contribution is 8.00. The van der Waals surface area contributed by atoms with Crippen molar-refractivity contribution in [3.63, 3.8) is 0 Å². The minimum atomic E-state index is -1.25. The largest absolute Gasteiger partial charge is 0.549 e. The number of carboxylic acid groups (broad SMARTS) is 1. The molecule has 0 aromatic carbocycles. The van der Waals surface area contributed by atoms with E-state index >= 15 is 0 Å². The van der Waals surface area contributed by atoms with Crippen molar-refractivity contribution in [3.8, 4) is 0 Å². The highest BCUT2D eigenvalue weighted by Gasteiger charge is 2.19. The molecule has 0 amide bonds. The van der Waals surface area contributed by atoms with E-state index < -0.39 is 17.2 Å². The van der Waals surface area contributed by atoms with E-state index in [0.29, 0.717) is 25.2 Å². The second-order valence-electron chi connectivity index (χ2n) is 6.20. The van der Waals surface area contributed by atoms with Gasteiger partial charge in [0, 0.05) is 25.8 Å². The van der Waals surface area contributed by atoms with Gasteiger partial charge in [0.05, 0.1) is 5.97 Å². The van der Waals surface area contributed by atoms with Gasteiger partial charge in [0.2, 0.25) is 0 Å². The van der Waals surface area contributed by atoms with Gasteiger partial charge in [-0.15, -0.1) is 0 Å². The second kappa shape index (κ2) is 7.81. The molecule has 0 saturated carbocycles. The van der Waals surface area contributed by atoms with Crippen LogP contribution < -0.4 is 16.4 Å². The third-order valence-electron chi connectivity index (χ3n) is 3.56. The predicted molar refractivity (Wildman–Crippen MR) is 93.6 cm³/mol. The first kappa shape index (κ1) is 19.2. The van der Waals surface area contributed by atoms with Crippen molar-refractivity contribution in [2.45, 2.75) is 45.2 Å². The fourth-order valence-corrected chi connectivity index (χ4v) is 3.24. The summed E-state index contributed by atoms with van der Waals surface area (Å²) in [6, 6.07) is 0. The van der Waals surface area contributed by atoms with Crippen molar-refractivity contribution in [1.82, 2.24) is 19.1 Å². The Labute approximate surface area is 148 Å². The normalized spacial score (nSPS) is 11.4. The molecule has 2 heterocycles. The van der Waals surface area contributed by atoms with E-state index in [0.717, 1.165) is 16.3 Å². The second-order valence-corrected chi connectivity index (χ2v) is 7.16. The van der Waals surface area contributed by atoms with Gasteiger partial charge in [-0.1, -0.05) is 32.5 Å². The van der Waals surface area contributed by atoms with Crippen molar-refractivity contribution in [1.29, 1.82) is 0 Å². The summed E-state index contributed by atoms with van der Waals surface area (Å²) in [6.45, 7) is 6.34. The minimum absolute atomic E-state index is 0.175. The third-order valence-corrected chi connectivity index (χ3v) is 4.51. The van der Waals surface area contributed by atoms with Gasteiger partial charge in [0.25, 0.3) is 5.56 Å². The number of rotatable bonds is 7. The number of nitrogens with zero attached hydrogens (tertiary/aromatic N) is 4.